The largest absolute Gasteiger partial charge is 0.477 e. The average Bonchev–Trinajstić information content (AvgIpc) is 3.40. The van der Waals surface area contributed by atoms with Gasteiger partial charge in [0.15, 0.2) is 15.2 Å². The fourth-order valence-corrected chi connectivity index (χ4v) is 6.40. The smallest absolute Gasteiger partial charge is 0.353 e. The number of hydrogen-bond acceptors (Lipinski definition) is 13. The quantitative estimate of drug-likeness (QED) is 0.212. The number of β-lactam (4-membered cyclic amide) rings is 1. The summed E-state index contributed by atoms with van der Waals surface area (Å²) in [6, 6.07) is -1.48. The maximum atomic E-state index is 12.9. The second-order valence-electron chi connectivity index (χ2n) is 6.86. The molecule has 4 rings (SSSR count). The van der Waals surface area contributed by atoms with Crippen LogP contribution in [0, 0.1) is 0 Å². The third-order valence-electron chi connectivity index (χ3n) is 4.94. The predicted molar refractivity (Wildman–Crippen MR) is 127 cm³/mol. The van der Waals surface area contributed by atoms with E-state index in [2.05, 4.69) is 31.0 Å². The molecule has 17 heteroatoms. The van der Waals surface area contributed by atoms with Crippen molar-refractivity contribution < 1.29 is 24.3 Å². The summed E-state index contributed by atoms with van der Waals surface area (Å²) in [5.74, 6) is -2.54. The van der Waals surface area contributed by atoms with Crippen LogP contribution in [0.1, 0.15) is 18.5 Å². The van der Waals surface area contributed by atoms with Crippen molar-refractivity contribution in [1.82, 2.24) is 25.4 Å². The number of carbonyl (C=O) groups is 3. The van der Waals surface area contributed by atoms with Crippen molar-refractivity contribution in [2.75, 3.05) is 25.2 Å². The molecule has 0 radical (unpaired) electrons. The normalized spacial score (nSPS) is 20.0. The molecule has 0 spiro atoms. The van der Waals surface area contributed by atoms with Crippen molar-refractivity contribution in [3.63, 3.8) is 0 Å². The van der Waals surface area contributed by atoms with E-state index in [1.54, 1.807) is 7.05 Å². The van der Waals surface area contributed by atoms with Crippen LogP contribution in [0.15, 0.2) is 20.1 Å². The van der Waals surface area contributed by atoms with Crippen LogP contribution in [0.4, 0.5) is 10.3 Å². The first-order valence-corrected chi connectivity index (χ1v) is 12.4. The van der Waals surface area contributed by atoms with Gasteiger partial charge in [-0.15, -0.1) is 10.2 Å². The van der Waals surface area contributed by atoms with Gasteiger partial charge >= 0.3 is 5.97 Å². The van der Waals surface area contributed by atoms with Crippen molar-refractivity contribution in [2.45, 2.75) is 29.3 Å². The van der Waals surface area contributed by atoms with Crippen LogP contribution < -0.4 is 16.4 Å². The van der Waals surface area contributed by atoms with Crippen LogP contribution in [0.5, 0.6) is 0 Å². The summed E-state index contributed by atoms with van der Waals surface area (Å²) in [4.78, 5) is 48.3. The van der Waals surface area contributed by atoms with Gasteiger partial charge in [-0.05, 0) is 12.8 Å². The lowest BCUT2D eigenvalue weighted by Crippen LogP contribution is -2.72. The number of nitrogens with two attached hydrogens (primary N) is 1. The number of anilines is 2. The van der Waals surface area contributed by atoms with Crippen LogP contribution in [-0.4, -0.2) is 74.9 Å². The molecular formula is C17H17ClN8O5S3. The Kier molecular flexibility index (Phi) is 6.92. The Hall–Kier alpha value is -2.95. The Morgan fingerprint density at radius 3 is 2.74 bits per heavy atom. The lowest BCUT2D eigenvalue weighted by Gasteiger charge is -2.49. The third kappa shape index (κ3) is 4.40. The Balaban J connectivity index is 1.53. The molecular weight excluding hydrogens is 528 g/mol. The Labute approximate surface area is 209 Å². The van der Waals surface area contributed by atoms with Gasteiger partial charge in [-0.1, -0.05) is 51.2 Å². The zero-order valence-electron chi connectivity index (χ0n) is 17.6. The Morgan fingerprint density at radius 1 is 1.38 bits per heavy atom. The third-order valence-corrected chi connectivity index (χ3v) is 8.16. The molecule has 2 aromatic heterocycles. The number of nitrogens with zero attached hydrogens (tertiary/aromatic N) is 5. The number of carbonyl (C=O) groups excluding carboxylic acids is 2. The number of carboxylic acid groups (broad SMARTS) is 1. The monoisotopic (exact) mass is 544 g/mol. The van der Waals surface area contributed by atoms with Gasteiger partial charge in [-0.2, -0.15) is 0 Å². The molecule has 2 atom stereocenters. The summed E-state index contributed by atoms with van der Waals surface area (Å²) in [6.45, 7) is 0. The number of allylic oxidation sites excluding steroid dienone is 1. The number of hydrogen-bond donors (Lipinski definition) is 4. The molecule has 0 aromatic carbocycles. The molecule has 0 bridgehead atoms. The number of amides is 2. The van der Waals surface area contributed by atoms with E-state index in [1.165, 1.54) is 23.3 Å². The highest BCUT2D eigenvalue weighted by molar-refractivity contribution is 8.04. The minimum Gasteiger partial charge on any atom is -0.477 e. The fourth-order valence-electron chi connectivity index (χ4n) is 3.54. The summed E-state index contributed by atoms with van der Waals surface area (Å²) >= 11 is 9.48. The van der Waals surface area contributed by atoms with Crippen LogP contribution in [0.25, 0.3) is 0 Å². The van der Waals surface area contributed by atoms with Gasteiger partial charge in [-0.25, -0.2) is 9.78 Å². The number of thiazole rings is 1. The maximum absolute atomic E-state index is 12.9. The molecule has 34 heavy (non-hydrogen) atoms. The molecule has 2 unspecified atom stereocenters. The van der Waals surface area contributed by atoms with Gasteiger partial charge in [-0.3, -0.25) is 14.5 Å². The van der Waals surface area contributed by atoms with E-state index in [9.17, 15) is 19.5 Å². The average molecular weight is 545 g/mol. The molecule has 2 aliphatic heterocycles. The summed E-state index contributed by atoms with van der Waals surface area (Å²) in [5.41, 5.74) is 5.30. The van der Waals surface area contributed by atoms with E-state index in [1.807, 2.05) is 0 Å². The number of carboxylic acids is 1. The van der Waals surface area contributed by atoms with Crippen LogP contribution in [0.3, 0.4) is 0 Å². The molecule has 0 saturated carbocycles. The lowest BCUT2D eigenvalue weighted by atomic mass is 9.86. The Bertz CT molecular complexity index is 1230. The van der Waals surface area contributed by atoms with Crippen molar-refractivity contribution in [1.29, 1.82) is 0 Å². The standard InChI is InChI=1S/C17H17ClN8O5S3/c1-20-16-23-24-17(34-16)32-6-4-3-5-7(13(28)26(5)10(6)14(29)30)21-12(27)9(25-31-2)8-11(18)33-15(19)22-8/h5,7H,3-4H2,1-2H3,(H2,19,22)(H,20,23)(H,21,27)(H,29,30). The summed E-state index contributed by atoms with van der Waals surface area (Å²) in [6.07, 6.45) is 0.823. The number of halogens is 1. The highest BCUT2D eigenvalue weighted by Gasteiger charge is 2.54. The van der Waals surface area contributed by atoms with Gasteiger partial charge < -0.3 is 26.3 Å². The van der Waals surface area contributed by atoms with Crippen molar-refractivity contribution >= 4 is 79.8 Å². The van der Waals surface area contributed by atoms with Crippen molar-refractivity contribution in [3.8, 4) is 0 Å². The summed E-state index contributed by atoms with van der Waals surface area (Å²) < 4.78 is 0.688. The van der Waals surface area contributed by atoms with Crippen molar-refractivity contribution in [3.05, 3.63) is 20.6 Å². The first kappa shape index (κ1) is 24.2. The van der Waals surface area contributed by atoms with Crippen LogP contribution in [0.2, 0.25) is 4.34 Å². The van der Waals surface area contributed by atoms with Gasteiger partial charge in [0.1, 0.15) is 28.9 Å². The second kappa shape index (κ2) is 9.73. The van der Waals surface area contributed by atoms with Gasteiger partial charge in [0.05, 0.1) is 6.04 Å². The number of aromatic nitrogens is 3. The number of nitrogens with one attached hydrogen (secondary N) is 2. The van der Waals surface area contributed by atoms with E-state index in [0.29, 0.717) is 27.2 Å². The molecule has 4 heterocycles. The molecule has 2 aromatic rings. The maximum Gasteiger partial charge on any atom is 0.353 e. The predicted octanol–water partition coefficient (Wildman–Crippen LogP) is 1.20. The number of nitrogen functional groups attached to an aromatic ring is 1. The van der Waals surface area contributed by atoms with E-state index in [-0.39, 0.29) is 26.6 Å². The van der Waals surface area contributed by atoms with Crippen molar-refractivity contribution in [2.24, 2.45) is 5.16 Å². The lowest BCUT2D eigenvalue weighted by molar-refractivity contribution is -0.155. The SMILES string of the molecule is CNc1nnc(SC2=C(C(=O)O)N3C(=O)C(NC(=O)C(=NOC)c4nc(N)sc4Cl)C3CC2)s1. The number of rotatable bonds is 8. The highest BCUT2D eigenvalue weighted by Crippen LogP contribution is 2.44. The zero-order valence-corrected chi connectivity index (χ0v) is 20.8. The molecule has 13 nitrogen and oxygen atoms in total. The number of fused-ring (bicyclic) bond motifs is 1. The number of aliphatic carboxylic acids is 1. The minimum absolute atomic E-state index is 0.0265. The molecule has 1 saturated heterocycles. The second-order valence-corrected chi connectivity index (χ2v) is 10.8. The number of thioether (sulfide) groups is 1. The summed E-state index contributed by atoms with van der Waals surface area (Å²) in [5, 5.41) is 27.6. The topological polar surface area (TPSA) is 185 Å². The molecule has 0 aliphatic carbocycles. The highest BCUT2D eigenvalue weighted by atomic mass is 35.5. The zero-order chi connectivity index (χ0) is 24.6. The minimum atomic E-state index is -1.24. The van der Waals surface area contributed by atoms with Gasteiger partial charge in [0.25, 0.3) is 11.8 Å². The Morgan fingerprint density at radius 2 is 2.15 bits per heavy atom. The van der Waals surface area contributed by atoms with E-state index in [0.717, 1.165) is 23.1 Å². The fraction of sp³-hybridized carbons (Fsp3) is 0.353. The number of oxime groups is 1. The summed E-state index contributed by atoms with van der Waals surface area (Å²) in [7, 11) is 2.95. The van der Waals surface area contributed by atoms with Crippen LogP contribution >= 0.6 is 46.0 Å². The molecule has 2 aliphatic rings. The van der Waals surface area contributed by atoms with E-state index in [4.69, 9.17) is 22.2 Å². The first-order valence-electron chi connectivity index (χ1n) is 9.58. The molecule has 1 fully saturated rings. The van der Waals surface area contributed by atoms with E-state index < -0.39 is 29.9 Å². The van der Waals surface area contributed by atoms with Gasteiger partial charge in [0.2, 0.25) is 5.13 Å². The molecule has 5 N–H and O–H groups in total. The first-order chi connectivity index (χ1) is 16.2. The molecule has 2 amide bonds. The van der Waals surface area contributed by atoms with Crippen LogP contribution in [-0.2, 0) is 19.2 Å². The van der Waals surface area contributed by atoms with E-state index >= 15 is 0 Å². The molecule has 180 valence electrons. The van der Waals surface area contributed by atoms with Gasteiger partial charge in [0, 0.05) is 12.0 Å².